The predicted molar refractivity (Wildman–Crippen MR) is 101 cm³/mol. The van der Waals surface area contributed by atoms with Gasteiger partial charge in [-0.3, -0.25) is 14.4 Å². The third kappa shape index (κ3) is 6.46. The van der Waals surface area contributed by atoms with Crippen LogP contribution in [0.15, 0.2) is 24.3 Å². The molecule has 1 aliphatic rings. The quantitative estimate of drug-likeness (QED) is 0.319. The van der Waals surface area contributed by atoms with Crippen molar-refractivity contribution < 1.29 is 34.1 Å². The molecule has 0 bridgehead atoms. The first-order valence-corrected chi connectivity index (χ1v) is 9.14. The molecule has 10 heteroatoms. The van der Waals surface area contributed by atoms with Crippen LogP contribution >= 0.6 is 0 Å². The molecule has 1 heterocycles. The predicted octanol–water partition coefficient (Wildman–Crippen LogP) is -0.712. The van der Waals surface area contributed by atoms with Crippen LogP contribution in [0.25, 0.3) is 0 Å². The van der Waals surface area contributed by atoms with Crippen LogP contribution in [0.2, 0.25) is 0 Å². The van der Waals surface area contributed by atoms with Gasteiger partial charge in [0, 0.05) is 6.42 Å². The van der Waals surface area contributed by atoms with Gasteiger partial charge < -0.3 is 31.3 Å². The van der Waals surface area contributed by atoms with E-state index < -0.39 is 48.0 Å². The summed E-state index contributed by atoms with van der Waals surface area (Å²) in [6.07, 6.45) is -1.98. The summed E-state index contributed by atoms with van der Waals surface area (Å²) in [5.41, 5.74) is 6.07. The van der Waals surface area contributed by atoms with Gasteiger partial charge in [-0.1, -0.05) is 26.0 Å². The summed E-state index contributed by atoms with van der Waals surface area (Å²) in [4.78, 5) is 47.5. The number of hydrogen-bond donors (Lipinski definition) is 5. The number of carbonyl (C=O) groups excluding carboxylic acids is 3. The molecule has 1 saturated heterocycles. The number of amides is 3. The number of ether oxygens (including phenoxy) is 1. The van der Waals surface area contributed by atoms with E-state index >= 15 is 0 Å². The molecule has 2 rings (SSSR count). The van der Waals surface area contributed by atoms with E-state index in [9.17, 15) is 24.3 Å². The molecule has 1 fully saturated rings. The smallest absolute Gasteiger partial charge is 0.336 e. The Morgan fingerprint density at radius 3 is 2.17 bits per heavy atom. The lowest BCUT2D eigenvalue weighted by Gasteiger charge is -2.23. The van der Waals surface area contributed by atoms with Gasteiger partial charge in [-0.2, -0.15) is 0 Å². The highest BCUT2D eigenvalue weighted by atomic mass is 16.6. The number of carboxylic acids is 1. The second-order valence-electron chi connectivity index (χ2n) is 7.34. The van der Waals surface area contributed by atoms with Crippen LogP contribution in [0.1, 0.15) is 25.8 Å². The Bertz CT molecular complexity index is 779. The molecule has 0 radical (unpaired) electrons. The highest BCUT2D eigenvalue weighted by Crippen LogP contribution is 2.22. The Hall–Kier alpha value is -3.14. The van der Waals surface area contributed by atoms with Crippen LogP contribution in [0, 0.1) is 5.92 Å². The molecular formula is C19H25N3O7. The SMILES string of the molecule is CC(C)C[C@H](NC(=O)C1OC1C(=O)O)C(=O)N[C@@H](Cc1ccc(O)cc1)C(N)=O. The lowest BCUT2D eigenvalue weighted by Crippen LogP contribution is -2.54. The number of benzene rings is 1. The third-order valence-corrected chi connectivity index (χ3v) is 4.37. The van der Waals surface area contributed by atoms with E-state index in [1.165, 1.54) is 12.1 Å². The van der Waals surface area contributed by atoms with Crippen LogP contribution in [-0.4, -0.2) is 58.2 Å². The molecule has 4 atom stereocenters. The highest BCUT2D eigenvalue weighted by molar-refractivity contribution is 5.96. The zero-order chi connectivity index (χ0) is 21.7. The van der Waals surface area contributed by atoms with Gasteiger partial charge in [0.05, 0.1) is 0 Å². The summed E-state index contributed by atoms with van der Waals surface area (Å²) in [5, 5.41) is 23.2. The summed E-state index contributed by atoms with van der Waals surface area (Å²) in [6, 6.07) is 4.09. The third-order valence-electron chi connectivity index (χ3n) is 4.37. The standard InChI is InChI=1S/C19H25N3O7/c1-9(2)7-13(22-18(26)14-15(29-14)19(27)28)17(25)21-12(16(20)24)8-10-3-5-11(23)6-4-10/h3-6,9,12-15,23H,7-8H2,1-2H3,(H2,20,24)(H,21,25)(H,22,26)(H,27,28)/t12-,13-,14?,15?/m0/s1. The molecule has 158 valence electrons. The average Bonchev–Trinajstić information content (AvgIpc) is 3.43. The molecule has 0 aliphatic carbocycles. The minimum absolute atomic E-state index is 0.0329. The normalized spacial score (nSPS) is 19.8. The fourth-order valence-electron chi connectivity index (χ4n) is 2.82. The van der Waals surface area contributed by atoms with Crippen LogP contribution in [0.3, 0.4) is 0 Å². The number of epoxide rings is 1. The number of rotatable bonds is 10. The van der Waals surface area contributed by atoms with E-state index in [0.29, 0.717) is 5.56 Å². The maximum absolute atomic E-state index is 12.7. The van der Waals surface area contributed by atoms with Crippen molar-refractivity contribution in [2.75, 3.05) is 0 Å². The fraction of sp³-hybridized carbons (Fsp3) is 0.474. The van der Waals surface area contributed by atoms with Crippen LogP contribution in [0.4, 0.5) is 0 Å². The number of phenols is 1. The van der Waals surface area contributed by atoms with Crippen molar-refractivity contribution >= 4 is 23.7 Å². The number of aromatic hydroxyl groups is 1. The summed E-state index contributed by atoms with van der Waals surface area (Å²) in [5.74, 6) is -3.22. The first-order chi connectivity index (χ1) is 13.6. The van der Waals surface area contributed by atoms with Gasteiger partial charge >= 0.3 is 5.97 Å². The maximum Gasteiger partial charge on any atom is 0.336 e. The molecule has 0 spiro atoms. The van der Waals surface area contributed by atoms with Gasteiger partial charge in [-0.15, -0.1) is 0 Å². The van der Waals surface area contributed by atoms with Crippen molar-refractivity contribution in [1.82, 2.24) is 10.6 Å². The van der Waals surface area contributed by atoms with Gasteiger partial charge in [0.25, 0.3) is 5.91 Å². The van der Waals surface area contributed by atoms with Gasteiger partial charge in [0.15, 0.2) is 12.2 Å². The molecule has 10 nitrogen and oxygen atoms in total. The highest BCUT2D eigenvalue weighted by Gasteiger charge is 2.51. The summed E-state index contributed by atoms with van der Waals surface area (Å²) in [7, 11) is 0. The Balaban J connectivity index is 2.04. The molecule has 1 aromatic rings. The molecular weight excluding hydrogens is 382 g/mol. The van der Waals surface area contributed by atoms with E-state index in [4.69, 9.17) is 15.6 Å². The van der Waals surface area contributed by atoms with Crippen molar-refractivity contribution in [3.63, 3.8) is 0 Å². The summed E-state index contributed by atoms with van der Waals surface area (Å²) >= 11 is 0. The summed E-state index contributed by atoms with van der Waals surface area (Å²) in [6.45, 7) is 3.70. The molecule has 6 N–H and O–H groups in total. The molecule has 2 unspecified atom stereocenters. The second kappa shape index (κ2) is 9.37. The first-order valence-electron chi connectivity index (χ1n) is 9.14. The van der Waals surface area contributed by atoms with E-state index in [-0.39, 0.29) is 24.5 Å². The number of nitrogens with one attached hydrogen (secondary N) is 2. The minimum atomic E-state index is -1.25. The fourth-order valence-corrected chi connectivity index (χ4v) is 2.82. The molecule has 1 aromatic carbocycles. The first kappa shape index (κ1) is 22.2. The van der Waals surface area contributed by atoms with E-state index in [1.807, 2.05) is 13.8 Å². The minimum Gasteiger partial charge on any atom is -0.508 e. The van der Waals surface area contributed by atoms with Crippen molar-refractivity contribution in [3.05, 3.63) is 29.8 Å². The van der Waals surface area contributed by atoms with Crippen molar-refractivity contribution in [2.24, 2.45) is 11.7 Å². The Morgan fingerprint density at radius 1 is 1.07 bits per heavy atom. The Morgan fingerprint density at radius 2 is 1.69 bits per heavy atom. The van der Waals surface area contributed by atoms with E-state index in [1.54, 1.807) is 12.1 Å². The lowest BCUT2D eigenvalue weighted by molar-refractivity contribution is -0.138. The van der Waals surface area contributed by atoms with Crippen LogP contribution < -0.4 is 16.4 Å². The summed E-state index contributed by atoms with van der Waals surface area (Å²) < 4.78 is 4.80. The maximum atomic E-state index is 12.7. The van der Waals surface area contributed by atoms with E-state index in [0.717, 1.165) is 0 Å². The van der Waals surface area contributed by atoms with Gasteiger partial charge in [-0.25, -0.2) is 4.79 Å². The number of aliphatic carboxylic acids is 1. The lowest BCUT2D eigenvalue weighted by atomic mass is 10.0. The van der Waals surface area contributed by atoms with Crippen molar-refractivity contribution in [1.29, 1.82) is 0 Å². The van der Waals surface area contributed by atoms with E-state index in [2.05, 4.69) is 10.6 Å². The number of phenolic OH excluding ortho intramolecular Hbond substituents is 1. The number of hydrogen-bond acceptors (Lipinski definition) is 6. The van der Waals surface area contributed by atoms with Crippen molar-refractivity contribution in [3.8, 4) is 5.75 Å². The molecule has 3 amide bonds. The van der Waals surface area contributed by atoms with Gasteiger partial charge in [0.1, 0.15) is 17.8 Å². The molecule has 0 saturated carbocycles. The number of carboxylic acid groups (broad SMARTS) is 1. The average molecular weight is 407 g/mol. The molecule has 0 aromatic heterocycles. The molecule has 1 aliphatic heterocycles. The number of carbonyl (C=O) groups is 4. The van der Waals surface area contributed by atoms with Crippen LogP contribution in [-0.2, 0) is 30.3 Å². The van der Waals surface area contributed by atoms with Gasteiger partial charge in [-0.05, 0) is 30.0 Å². The number of primary amides is 1. The topological polar surface area (TPSA) is 171 Å². The zero-order valence-corrected chi connectivity index (χ0v) is 16.1. The Labute approximate surface area is 167 Å². The Kier molecular flexibility index (Phi) is 7.16. The monoisotopic (exact) mass is 407 g/mol. The molecule has 29 heavy (non-hydrogen) atoms. The largest absolute Gasteiger partial charge is 0.508 e. The second-order valence-corrected chi connectivity index (χ2v) is 7.34. The van der Waals surface area contributed by atoms with Gasteiger partial charge in [0.2, 0.25) is 11.8 Å². The van der Waals surface area contributed by atoms with Crippen molar-refractivity contribution in [2.45, 2.75) is 51.0 Å². The van der Waals surface area contributed by atoms with Crippen LogP contribution in [0.5, 0.6) is 5.75 Å². The number of nitrogens with two attached hydrogens (primary N) is 1. The zero-order valence-electron chi connectivity index (χ0n) is 16.1.